The predicted molar refractivity (Wildman–Crippen MR) is 78.3 cm³/mol. The Bertz CT molecular complexity index is 561. The molecular weight excluding hydrogens is 254 g/mol. The Hall–Kier alpha value is -2.10. The van der Waals surface area contributed by atoms with Gasteiger partial charge in [0.1, 0.15) is 5.76 Å². The van der Waals surface area contributed by atoms with Crippen LogP contribution in [-0.4, -0.2) is 11.9 Å². The van der Waals surface area contributed by atoms with Gasteiger partial charge in [-0.2, -0.15) is 0 Å². The van der Waals surface area contributed by atoms with Gasteiger partial charge in [-0.3, -0.25) is 4.79 Å². The fraction of sp³-hybridized carbons (Fsp3) is 0.375. The molecule has 1 amide bonds. The minimum atomic E-state index is -0.325. The van der Waals surface area contributed by atoms with Crippen LogP contribution in [0.25, 0.3) is 5.76 Å². The van der Waals surface area contributed by atoms with Crippen molar-refractivity contribution in [1.29, 1.82) is 0 Å². The van der Waals surface area contributed by atoms with E-state index in [4.69, 9.17) is 4.74 Å². The molecule has 4 nitrogen and oxygen atoms in total. The molecule has 0 atom stereocenters. The summed E-state index contributed by atoms with van der Waals surface area (Å²) in [4.78, 5) is 23.3. The molecule has 0 aliphatic carbocycles. The fourth-order valence-corrected chi connectivity index (χ4v) is 2.09. The highest BCUT2D eigenvalue weighted by atomic mass is 16.5. The van der Waals surface area contributed by atoms with E-state index in [1.54, 1.807) is 18.2 Å². The number of carbonyl (C=O) groups is 2. The van der Waals surface area contributed by atoms with E-state index >= 15 is 0 Å². The van der Waals surface area contributed by atoms with Crippen molar-refractivity contribution in [3.63, 3.8) is 0 Å². The standard InChI is InChI=1S/C16H19NO3/c1-3-5-7-14-13-10-11(17-15(18)6-4-2)8-9-12(13)16(19)20-14/h7-10H,3-6H2,1-2H3,(H,17,18)/b14-7-. The van der Waals surface area contributed by atoms with Crippen molar-refractivity contribution in [3.8, 4) is 0 Å². The third-order valence-electron chi connectivity index (χ3n) is 3.09. The molecule has 1 heterocycles. The van der Waals surface area contributed by atoms with Crippen LogP contribution in [0.4, 0.5) is 5.69 Å². The first kappa shape index (κ1) is 14.3. The topological polar surface area (TPSA) is 55.4 Å². The first-order valence-electron chi connectivity index (χ1n) is 7.02. The van der Waals surface area contributed by atoms with Crippen LogP contribution in [0.1, 0.15) is 55.5 Å². The van der Waals surface area contributed by atoms with Crippen LogP contribution in [-0.2, 0) is 9.53 Å². The van der Waals surface area contributed by atoms with Crippen molar-refractivity contribution in [2.24, 2.45) is 0 Å². The number of benzene rings is 1. The second-order valence-corrected chi connectivity index (χ2v) is 4.81. The van der Waals surface area contributed by atoms with Gasteiger partial charge in [-0.25, -0.2) is 4.79 Å². The van der Waals surface area contributed by atoms with E-state index < -0.39 is 0 Å². The molecule has 0 radical (unpaired) electrons. The highest BCUT2D eigenvalue weighted by molar-refractivity contribution is 6.04. The second kappa shape index (κ2) is 6.37. The minimum absolute atomic E-state index is 0.0169. The number of rotatable bonds is 5. The number of ether oxygens (including phenoxy) is 1. The van der Waals surface area contributed by atoms with Gasteiger partial charge in [0.05, 0.1) is 5.56 Å². The molecule has 0 bridgehead atoms. The Labute approximate surface area is 118 Å². The smallest absolute Gasteiger partial charge is 0.344 e. The van der Waals surface area contributed by atoms with Crippen molar-refractivity contribution in [1.82, 2.24) is 0 Å². The first-order valence-corrected chi connectivity index (χ1v) is 7.02. The zero-order chi connectivity index (χ0) is 14.5. The molecule has 0 saturated carbocycles. The van der Waals surface area contributed by atoms with E-state index in [0.29, 0.717) is 23.4 Å². The number of amides is 1. The molecule has 0 aromatic heterocycles. The van der Waals surface area contributed by atoms with Crippen LogP contribution in [0.15, 0.2) is 24.3 Å². The second-order valence-electron chi connectivity index (χ2n) is 4.81. The molecule has 1 aliphatic rings. The van der Waals surface area contributed by atoms with Gasteiger partial charge in [-0.1, -0.05) is 20.3 Å². The quantitative estimate of drug-likeness (QED) is 0.831. The summed E-state index contributed by atoms with van der Waals surface area (Å²) in [5.74, 6) is 0.254. The summed E-state index contributed by atoms with van der Waals surface area (Å²) in [6.45, 7) is 4.02. The summed E-state index contributed by atoms with van der Waals surface area (Å²) in [6.07, 6.45) is 5.06. The number of esters is 1. The molecule has 0 spiro atoms. The minimum Gasteiger partial charge on any atom is -0.423 e. The lowest BCUT2D eigenvalue weighted by Crippen LogP contribution is -2.10. The summed E-state index contributed by atoms with van der Waals surface area (Å²) in [5.41, 5.74) is 2.02. The normalized spacial score (nSPS) is 15.1. The monoisotopic (exact) mass is 273 g/mol. The predicted octanol–water partition coefficient (Wildman–Crippen LogP) is 3.74. The lowest BCUT2D eigenvalue weighted by Gasteiger charge is -2.05. The Kier molecular flexibility index (Phi) is 4.56. The summed E-state index contributed by atoms with van der Waals surface area (Å²) < 4.78 is 5.25. The maximum absolute atomic E-state index is 11.7. The zero-order valence-corrected chi connectivity index (χ0v) is 11.9. The number of hydrogen-bond donors (Lipinski definition) is 1. The highest BCUT2D eigenvalue weighted by Crippen LogP contribution is 2.32. The van der Waals surface area contributed by atoms with Gasteiger partial charge in [0.2, 0.25) is 5.91 Å². The third-order valence-corrected chi connectivity index (χ3v) is 3.09. The molecular formula is C16H19NO3. The van der Waals surface area contributed by atoms with Gasteiger partial charge >= 0.3 is 5.97 Å². The van der Waals surface area contributed by atoms with Crippen LogP contribution in [0.2, 0.25) is 0 Å². The molecule has 20 heavy (non-hydrogen) atoms. The van der Waals surface area contributed by atoms with Gasteiger partial charge < -0.3 is 10.1 Å². The number of anilines is 1. The van der Waals surface area contributed by atoms with Crippen LogP contribution in [0, 0.1) is 0 Å². The van der Waals surface area contributed by atoms with E-state index in [1.807, 2.05) is 13.0 Å². The van der Waals surface area contributed by atoms with Crippen molar-refractivity contribution in [3.05, 3.63) is 35.4 Å². The number of carbonyl (C=O) groups excluding carboxylic acids is 2. The Morgan fingerprint density at radius 3 is 2.75 bits per heavy atom. The summed E-state index contributed by atoms with van der Waals surface area (Å²) >= 11 is 0. The Morgan fingerprint density at radius 2 is 2.05 bits per heavy atom. The Balaban J connectivity index is 2.25. The van der Waals surface area contributed by atoms with Gasteiger partial charge in [0.15, 0.2) is 0 Å². The molecule has 0 fully saturated rings. The molecule has 1 aliphatic heterocycles. The Morgan fingerprint density at radius 1 is 1.25 bits per heavy atom. The van der Waals surface area contributed by atoms with Crippen molar-refractivity contribution in [2.75, 3.05) is 5.32 Å². The number of allylic oxidation sites excluding steroid dienone is 1. The molecule has 4 heteroatoms. The highest BCUT2D eigenvalue weighted by Gasteiger charge is 2.26. The molecule has 1 N–H and O–H groups in total. The first-order chi connectivity index (χ1) is 9.65. The summed E-state index contributed by atoms with van der Waals surface area (Å²) in [5, 5.41) is 2.83. The van der Waals surface area contributed by atoms with Crippen LogP contribution >= 0.6 is 0 Å². The molecule has 1 aromatic carbocycles. The van der Waals surface area contributed by atoms with Crippen LogP contribution < -0.4 is 5.32 Å². The average Bonchev–Trinajstić information content (AvgIpc) is 2.73. The molecule has 106 valence electrons. The maximum atomic E-state index is 11.7. The summed E-state index contributed by atoms with van der Waals surface area (Å²) in [6, 6.07) is 5.23. The maximum Gasteiger partial charge on any atom is 0.344 e. The van der Waals surface area contributed by atoms with Crippen molar-refractivity contribution >= 4 is 23.3 Å². The molecule has 0 unspecified atom stereocenters. The van der Waals surface area contributed by atoms with E-state index in [2.05, 4.69) is 12.2 Å². The van der Waals surface area contributed by atoms with E-state index in [0.717, 1.165) is 24.8 Å². The number of nitrogens with one attached hydrogen (secondary N) is 1. The molecule has 2 rings (SSSR count). The van der Waals surface area contributed by atoms with E-state index in [9.17, 15) is 9.59 Å². The van der Waals surface area contributed by atoms with Crippen LogP contribution in [0.5, 0.6) is 0 Å². The lowest BCUT2D eigenvalue weighted by molar-refractivity contribution is -0.116. The fourth-order valence-electron chi connectivity index (χ4n) is 2.09. The van der Waals surface area contributed by atoms with Crippen molar-refractivity contribution in [2.45, 2.75) is 39.5 Å². The average molecular weight is 273 g/mol. The molecule has 0 saturated heterocycles. The SMILES string of the molecule is CCC/C=C1\OC(=O)c2ccc(NC(=O)CCC)cc21. The zero-order valence-electron chi connectivity index (χ0n) is 11.9. The molecule has 1 aromatic rings. The van der Waals surface area contributed by atoms with Gasteiger partial charge in [-0.05, 0) is 37.1 Å². The van der Waals surface area contributed by atoms with Gasteiger partial charge in [-0.15, -0.1) is 0 Å². The largest absolute Gasteiger partial charge is 0.423 e. The van der Waals surface area contributed by atoms with Gasteiger partial charge in [0.25, 0.3) is 0 Å². The summed E-state index contributed by atoms with van der Waals surface area (Å²) in [7, 11) is 0. The third kappa shape index (κ3) is 3.07. The van der Waals surface area contributed by atoms with Crippen molar-refractivity contribution < 1.29 is 14.3 Å². The van der Waals surface area contributed by atoms with Gasteiger partial charge in [0, 0.05) is 17.7 Å². The van der Waals surface area contributed by atoms with Crippen LogP contribution in [0.3, 0.4) is 0 Å². The number of hydrogen-bond acceptors (Lipinski definition) is 3. The van der Waals surface area contributed by atoms with E-state index in [-0.39, 0.29) is 11.9 Å². The number of unbranched alkanes of at least 4 members (excludes halogenated alkanes) is 1. The number of fused-ring (bicyclic) bond motifs is 1. The van der Waals surface area contributed by atoms with E-state index in [1.165, 1.54) is 0 Å². The number of cyclic esters (lactones) is 1. The lowest BCUT2D eigenvalue weighted by atomic mass is 10.1.